The molecule has 5 heteroatoms. The lowest BCUT2D eigenvalue weighted by molar-refractivity contribution is -0.121. The molecule has 0 bridgehead atoms. The maximum absolute atomic E-state index is 11.1. The molecule has 0 saturated carbocycles. The molecular formula is C7H16N2OS2. The van der Waals surface area contributed by atoms with Crippen molar-refractivity contribution in [3.63, 3.8) is 0 Å². The van der Waals surface area contributed by atoms with Crippen LogP contribution in [0.1, 0.15) is 19.8 Å². The fourth-order valence-electron chi connectivity index (χ4n) is 0.707. The van der Waals surface area contributed by atoms with Gasteiger partial charge in [-0.25, -0.2) is 0 Å². The van der Waals surface area contributed by atoms with Crippen molar-refractivity contribution >= 4 is 28.4 Å². The molecule has 3 nitrogen and oxygen atoms in total. The van der Waals surface area contributed by atoms with Gasteiger partial charge in [0.1, 0.15) is 0 Å². The molecule has 1 atom stereocenters. The Hall–Kier alpha value is 0.130. The van der Waals surface area contributed by atoms with Crippen LogP contribution in [0.15, 0.2) is 0 Å². The molecular weight excluding hydrogens is 192 g/mol. The number of nitrogens with two attached hydrogens (primary N) is 1. The van der Waals surface area contributed by atoms with Crippen molar-refractivity contribution < 1.29 is 4.79 Å². The van der Waals surface area contributed by atoms with Gasteiger partial charge in [0, 0.05) is 24.8 Å². The maximum Gasteiger partial charge on any atom is 0.221 e. The summed E-state index contributed by atoms with van der Waals surface area (Å²) in [7, 11) is 1.34. The topological polar surface area (TPSA) is 55.1 Å². The Morgan fingerprint density at radius 2 is 2.42 bits per heavy atom. The second-order valence-corrected chi connectivity index (χ2v) is 4.03. The zero-order valence-corrected chi connectivity index (χ0v) is 8.96. The number of amides is 1. The van der Waals surface area contributed by atoms with E-state index >= 15 is 0 Å². The normalized spacial score (nSPS) is 12.6. The van der Waals surface area contributed by atoms with E-state index in [0.717, 1.165) is 13.0 Å². The number of hydrogen-bond acceptors (Lipinski definition) is 4. The molecule has 72 valence electrons. The highest BCUT2D eigenvalue weighted by atomic mass is 33.1. The van der Waals surface area contributed by atoms with Crippen molar-refractivity contribution in [1.82, 2.24) is 5.32 Å². The van der Waals surface area contributed by atoms with Gasteiger partial charge in [0.15, 0.2) is 0 Å². The average Bonchev–Trinajstić information content (AvgIpc) is 2.10. The van der Waals surface area contributed by atoms with Gasteiger partial charge in [-0.3, -0.25) is 4.79 Å². The Balaban J connectivity index is 3.52. The van der Waals surface area contributed by atoms with E-state index in [0.29, 0.717) is 13.0 Å². The second-order valence-electron chi connectivity index (χ2n) is 2.52. The van der Waals surface area contributed by atoms with Gasteiger partial charge in [0.05, 0.1) is 0 Å². The predicted octanol–water partition coefficient (Wildman–Crippen LogP) is 0.808. The molecule has 1 amide bonds. The van der Waals surface area contributed by atoms with E-state index in [4.69, 9.17) is 5.73 Å². The van der Waals surface area contributed by atoms with Crippen molar-refractivity contribution in [2.24, 2.45) is 5.73 Å². The lowest BCUT2D eigenvalue weighted by Crippen LogP contribution is -2.29. The van der Waals surface area contributed by atoms with Crippen LogP contribution in [0.2, 0.25) is 0 Å². The van der Waals surface area contributed by atoms with Gasteiger partial charge in [-0.15, -0.1) is 11.7 Å². The summed E-state index contributed by atoms with van der Waals surface area (Å²) in [5, 5.41) is 2.92. The van der Waals surface area contributed by atoms with E-state index in [-0.39, 0.29) is 11.2 Å². The van der Waals surface area contributed by atoms with Gasteiger partial charge in [-0.05, 0) is 6.42 Å². The lowest BCUT2D eigenvalue weighted by Gasteiger charge is -2.10. The summed E-state index contributed by atoms with van der Waals surface area (Å²) >= 11 is 4.02. The zero-order valence-electron chi connectivity index (χ0n) is 7.25. The summed E-state index contributed by atoms with van der Waals surface area (Å²) in [6.07, 6.45) is 1.43. The molecule has 0 rings (SSSR count). The minimum Gasteiger partial charge on any atom is -0.356 e. The molecule has 0 saturated heterocycles. The summed E-state index contributed by atoms with van der Waals surface area (Å²) in [6, 6.07) is 0. The molecule has 0 aliphatic heterocycles. The first kappa shape index (κ1) is 12.1. The van der Waals surface area contributed by atoms with Crippen LogP contribution in [0.3, 0.4) is 0 Å². The minimum atomic E-state index is 0.0638. The number of carbonyl (C=O) groups is 1. The molecule has 0 aromatic heterocycles. The summed E-state index contributed by atoms with van der Waals surface area (Å²) in [5.41, 5.74) is 5.41. The molecule has 1 unspecified atom stereocenters. The van der Waals surface area contributed by atoms with Crippen LogP contribution in [-0.2, 0) is 4.79 Å². The number of thiol groups is 1. The standard InChI is InChI=1S/C7H16N2OS2/c1-2-3-9-7(10)4-6(5-8)12-11/h6,11H,2-5,8H2,1H3,(H,9,10). The fourth-order valence-corrected chi connectivity index (χ4v) is 1.50. The quantitative estimate of drug-likeness (QED) is 0.447. The van der Waals surface area contributed by atoms with Crippen molar-refractivity contribution in [2.45, 2.75) is 25.0 Å². The van der Waals surface area contributed by atoms with E-state index < -0.39 is 0 Å². The smallest absolute Gasteiger partial charge is 0.221 e. The van der Waals surface area contributed by atoms with E-state index in [1.165, 1.54) is 10.8 Å². The Morgan fingerprint density at radius 1 is 1.75 bits per heavy atom. The highest BCUT2D eigenvalue weighted by molar-refractivity contribution is 8.68. The first-order valence-electron chi connectivity index (χ1n) is 4.01. The van der Waals surface area contributed by atoms with Crippen LogP contribution < -0.4 is 11.1 Å². The van der Waals surface area contributed by atoms with Crippen molar-refractivity contribution in [2.75, 3.05) is 13.1 Å². The number of nitrogens with one attached hydrogen (secondary N) is 1. The first-order valence-corrected chi connectivity index (χ1v) is 5.94. The van der Waals surface area contributed by atoms with Crippen molar-refractivity contribution in [1.29, 1.82) is 0 Å². The molecule has 0 radical (unpaired) electrons. The SMILES string of the molecule is CCCNC(=O)CC(CN)SS. The molecule has 3 N–H and O–H groups in total. The van der Waals surface area contributed by atoms with E-state index in [1.807, 2.05) is 6.92 Å². The highest BCUT2D eigenvalue weighted by Gasteiger charge is 2.10. The lowest BCUT2D eigenvalue weighted by atomic mass is 10.3. The summed E-state index contributed by atoms with van der Waals surface area (Å²) in [4.78, 5) is 11.1. The van der Waals surface area contributed by atoms with Crippen LogP contribution in [0, 0.1) is 0 Å². The number of carbonyl (C=O) groups excluding carboxylic acids is 1. The third-order valence-corrected chi connectivity index (χ3v) is 2.95. The van der Waals surface area contributed by atoms with Crippen LogP contribution in [0.4, 0.5) is 0 Å². The van der Waals surface area contributed by atoms with Crippen molar-refractivity contribution in [3.05, 3.63) is 0 Å². The molecule has 0 aromatic carbocycles. The molecule has 0 spiro atoms. The third kappa shape index (κ3) is 5.74. The molecule has 0 aliphatic rings. The summed E-state index contributed by atoms with van der Waals surface area (Å²) in [5.74, 6) is 0.0638. The van der Waals surface area contributed by atoms with Gasteiger partial charge in [0.2, 0.25) is 5.91 Å². The van der Waals surface area contributed by atoms with Crippen LogP contribution >= 0.6 is 22.5 Å². The molecule has 0 heterocycles. The largest absolute Gasteiger partial charge is 0.356 e. The maximum atomic E-state index is 11.1. The number of rotatable bonds is 6. The van der Waals surface area contributed by atoms with E-state index in [2.05, 4.69) is 17.0 Å². The van der Waals surface area contributed by atoms with Crippen molar-refractivity contribution in [3.8, 4) is 0 Å². The Bertz CT molecular complexity index is 129. The molecule has 0 aromatic rings. The molecule has 12 heavy (non-hydrogen) atoms. The predicted molar refractivity (Wildman–Crippen MR) is 57.3 cm³/mol. The first-order chi connectivity index (χ1) is 5.74. The Kier molecular flexibility index (Phi) is 7.85. The zero-order chi connectivity index (χ0) is 9.40. The molecule has 0 fully saturated rings. The van der Waals surface area contributed by atoms with Gasteiger partial charge in [0.25, 0.3) is 0 Å². The van der Waals surface area contributed by atoms with Gasteiger partial charge in [-0.1, -0.05) is 17.7 Å². The van der Waals surface area contributed by atoms with E-state index in [1.54, 1.807) is 0 Å². The van der Waals surface area contributed by atoms with Gasteiger partial charge >= 0.3 is 0 Å². The Morgan fingerprint density at radius 3 is 2.83 bits per heavy atom. The fraction of sp³-hybridized carbons (Fsp3) is 0.857. The number of hydrogen-bond donors (Lipinski definition) is 3. The second kappa shape index (κ2) is 7.76. The monoisotopic (exact) mass is 208 g/mol. The van der Waals surface area contributed by atoms with E-state index in [9.17, 15) is 4.79 Å². The minimum absolute atomic E-state index is 0.0638. The molecule has 0 aliphatic carbocycles. The summed E-state index contributed by atoms with van der Waals surface area (Å²) < 4.78 is 0. The van der Waals surface area contributed by atoms with Crippen LogP contribution in [0.25, 0.3) is 0 Å². The van der Waals surface area contributed by atoms with Crippen LogP contribution in [0.5, 0.6) is 0 Å². The highest BCUT2D eigenvalue weighted by Crippen LogP contribution is 2.16. The van der Waals surface area contributed by atoms with Gasteiger partial charge < -0.3 is 11.1 Å². The summed E-state index contributed by atoms with van der Waals surface area (Å²) in [6.45, 7) is 3.26. The van der Waals surface area contributed by atoms with Crippen LogP contribution in [-0.4, -0.2) is 24.2 Å². The average molecular weight is 208 g/mol. The Labute approximate surface area is 82.7 Å². The van der Waals surface area contributed by atoms with Gasteiger partial charge in [-0.2, -0.15) is 0 Å². The third-order valence-electron chi connectivity index (χ3n) is 1.40.